The lowest BCUT2D eigenvalue weighted by atomic mass is 10.2. The van der Waals surface area contributed by atoms with Crippen molar-refractivity contribution >= 4 is 58.5 Å². The first-order valence-electron chi connectivity index (χ1n) is 10.2. The molecule has 0 atom stereocenters. The second-order valence-electron chi connectivity index (χ2n) is 7.12. The van der Waals surface area contributed by atoms with Gasteiger partial charge >= 0.3 is 0 Å². The van der Waals surface area contributed by atoms with Crippen molar-refractivity contribution in [1.29, 1.82) is 0 Å². The minimum absolute atomic E-state index is 0.108. The van der Waals surface area contributed by atoms with Crippen LogP contribution in [0.2, 0.25) is 10.0 Å². The number of anilines is 1. The largest absolute Gasteiger partial charge is 0.493 e. The Morgan fingerprint density at radius 3 is 2.46 bits per heavy atom. The van der Waals surface area contributed by atoms with Gasteiger partial charge in [0.05, 0.1) is 26.5 Å². The van der Waals surface area contributed by atoms with Gasteiger partial charge in [-0.1, -0.05) is 41.0 Å². The Kier molecular flexibility index (Phi) is 9.41. The molecule has 35 heavy (non-hydrogen) atoms. The number of halogens is 2. The predicted octanol–water partition coefficient (Wildman–Crippen LogP) is 4.20. The van der Waals surface area contributed by atoms with Crippen LogP contribution < -0.4 is 20.1 Å². The fourth-order valence-corrected chi connectivity index (χ4v) is 4.19. The van der Waals surface area contributed by atoms with Gasteiger partial charge in [-0.25, -0.2) is 0 Å². The monoisotopic (exact) mass is 535 g/mol. The number of nitrogens with zero attached hydrogens (tertiary/aromatic N) is 3. The van der Waals surface area contributed by atoms with E-state index in [0.29, 0.717) is 38.2 Å². The lowest BCUT2D eigenvalue weighted by Gasteiger charge is -2.07. The molecule has 0 fully saturated rings. The van der Waals surface area contributed by atoms with Crippen molar-refractivity contribution in [2.24, 2.45) is 7.05 Å². The number of methoxy groups -OCH3 is 2. The first kappa shape index (κ1) is 26.4. The molecular weight excluding hydrogens is 513 g/mol. The molecule has 0 aliphatic carbocycles. The normalized spacial score (nSPS) is 10.9. The molecule has 184 valence electrons. The zero-order valence-corrected chi connectivity index (χ0v) is 21.5. The van der Waals surface area contributed by atoms with Crippen molar-refractivity contribution in [3.63, 3.8) is 0 Å². The average molecular weight is 536 g/mol. The second kappa shape index (κ2) is 12.5. The first-order chi connectivity index (χ1) is 16.8. The number of amides is 2. The van der Waals surface area contributed by atoms with Crippen molar-refractivity contribution in [1.82, 2.24) is 20.1 Å². The number of aromatic nitrogens is 3. The Morgan fingerprint density at radius 1 is 1.06 bits per heavy atom. The summed E-state index contributed by atoms with van der Waals surface area (Å²) in [6.45, 7) is 0.173. The highest BCUT2D eigenvalue weighted by Gasteiger charge is 2.13. The van der Waals surface area contributed by atoms with Crippen LogP contribution in [0.3, 0.4) is 0 Å². The zero-order valence-electron chi connectivity index (χ0n) is 19.2. The van der Waals surface area contributed by atoms with Crippen LogP contribution in [0.25, 0.3) is 6.08 Å². The summed E-state index contributed by atoms with van der Waals surface area (Å²) in [5, 5.41) is 15.1. The van der Waals surface area contributed by atoms with E-state index in [9.17, 15) is 9.59 Å². The van der Waals surface area contributed by atoms with Crippen LogP contribution in [0.4, 0.5) is 5.69 Å². The Labute approximate surface area is 216 Å². The lowest BCUT2D eigenvalue weighted by Crippen LogP contribution is -2.22. The van der Waals surface area contributed by atoms with Crippen molar-refractivity contribution in [2.45, 2.75) is 11.7 Å². The summed E-state index contributed by atoms with van der Waals surface area (Å²) in [4.78, 5) is 24.5. The third-order valence-electron chi connectivity index (χ3n) is 4.66. The first-order valence-corrected chi connectivity index (χ1v) is 12.0. The van der Waals surface area contributed by atoms with E-state index >= 15 is 0 Å². The zero-order chi connectivity index (χ0) is 25.4. The average Bonchev–Trinajstić information content (AvgIpc) is 3.18. The summed E-state index contributed by atoms with van der Waals surface area (Å²) < 4.78 is 12.2. The molecule has 0 bridgehead atoms. The molecule has 0 saturated heterocycles. The van der Waals surface area contributed by atoms with E-state index < -0.39 is 0 Å². The van der Waals surface area contributed by atoms with Gasteiger partial charge in [-0.3, -0.25) is 9.59 Å². The van der Waals surface area contributed by atoms with E-state index in [0.717, 1.165) is 5.56 Å². The van der Waals surface area contributed by atoms with Crippen molar-refractivity contribution in [3.8, 4) is 11.5 Å². The van der Waals surface area contributed by atoms with Crippen LogP contribution in [0.1, 0.15) is 11.4 Å². The van der Waals surface area contributed by atoms with Gasteiger partial charge in [0.25, 0.3) is 0 Å². The molecule has 3 aromatic rings. The Morgan fingerprint density at radius 2 is 1.77 bits per heavy atom. The third-order valence-corrected chi connectivity index (χ3v) is 6.12. The fraction of sp³-hybridized carbons (Fsp3) is 0.217. The topological polar surface area (TPSA) is 107 Å². The van der Waals surface area contributed by atoms with E-state index in [1.165, 1.54) is 17.8 Å². The number of carbonyl (C=O) groups excluding carboxylic acids is 2. The molecule has 2 amide bonds. The lowest BCUT2D eigenvalue weighted by molar-refractivity contribution is -0.116. The highest BCUT2D eigenvalue weighted by atomic mass is 35.5. The van der Waals surface area contributed by atoms with Gasteiger partial charge in [-0.15, -0.1) is 10.2 Å². The van der Waals surface area contributed by atoms with E-state index in [1.807, 2.05) is 6.07 Å². The molecule has 0 saturated carbocycles. The number of carbonyl (C=O) groups is 2. The van der Waals surface area contributed by atoms with Gasteiger partial charge < -0.3 is 24.7 Å². The Balaban J connectivity index is 1.50. The SMILES string of the molecule is COc1ccc(/C=C/C(=O)NCc2nnc(SCC(=O)Nc3cc(Cl)cc(Cl)c3)n2C)cc1OC. The van der Waals surface area contributed by atoms with E-state index in [-0.39, 0.29) is 24.1 Å². The maximum Gasteiger partial charge on any atom is 0.244 e. The maximum atomic E-state index is 12.3. The van der Waals surface area contributed by atoms with Crippen LogP contribution >= 0.6 is 35.0 Å². The van der Waals surface area contributed by atoms with Crippen molar-refractivity contribution in [2.75, 3.05) is 25.3 Å². The molecule has 0 spiro atoms. The third kappa shape index (κ3) is 7.64. The van der Waals surface area contributed by atoms with Gasteiger partial charge in [0.1, 0.15) is 0 Å². The number of ether oxygens (including phenoxy) is 2. The quantitative estimate of drug-likeness (QED) is 0.296. The molecule has 1 aromatic heterocycles. The highest BCUT2D eigenvalue weighted by molar-refractivity contribution is 7.99. The van der Waals surface area contributed by atoms with Gasteiger partial charge in [0.2, 0.25) is 11.8 Å². The van der Waals surface area contributed by atoms with Crippen LogP contribution in [-0.2, 0) is 23.2 Å². The minimum atomic E-state index is -0.295. The van der Waals surface area contributed by atoms with Crippen molar-refractivity contribution < 1.29 is 19.1 Å². The molecule has 0 aliphatic heterocycles. The molecule has 0 aliphatic rings. The molecule has 1 heterocycles. The number of hydrogen-bond acceptors (Lipinski definition) is 7. The second-order valence-corrected chi connectivity index (χ2v) is 8.93. The number of nitrogens with one attached hydrogen (secondary N) is 2. The molecule has 12 heteroatoms. The van der Waals surface area contributed by atoms with Crippen LogP contribution in [0.15, 0.2) is 47.6 Å². The van der Waals surface area contributed by atoms with Crippen LogP contribution in [0.5, 0.6) is 11.5 Å². The van der Waals surface area contributed by atoms with Gasteiger partial charge in [0.15, 0.2) is 22.5 Å². The van der Waals surface area contributed by atoms with Crippen molar-refractivity contribution in [3.05, 3.63) is 63.9 Å². The molecule has 3 rings (SSSR count). The number of thioether (sulfide) groups is 1. The number of rotatable bonds is 10. The summed E-state index contributed by atoms with van der Waals surface area (Å²) in [5.74, 6) is 1.29. The van der Waals surface area contributed by atoms with E-state index in [1.54, 1.807) is 62.2 Å². The molecular formula is C23H23Cl2N5O4S. The summed E-state index contributed by atoms with van der Waals surface area (Å²) >= 11 is 13.1. The Bertz CT molecular complexity index is 1230. The number of benzene rings is 2. The van der Waals surface area contributed by atoms with Gasteiger partial charge in [-0.05, 0) is 42.0 Å². The van der Waals surface area contributed by atoms with Crippen LogP contribution in [0, 0.1) is 0 Å². The predicted molar refractivity (Wildman–Crippen MR) is 137 cm³/mol. The smallest absolute Gasteiger partial charge is 0.244 e. The highest BCUT2D eigenvalue weighted by Crippen LogP contribution is 2.28. The minimum Gasteiger partial charge on any atom is -0.493 e. The summed E-state index contributed by atoms with van der Waals surface area (Å²) in [5.41, 5.74) is 1.30. The fourth-order valence-electron chi connectivity index (χ4n) is 2.93. The van der Waals surface area contributed by atoms with Gasteiger partial charge in [-0.2, -0.15) is 0 Å². The molecule has 2 N–H and O–H groups in total. The Hall–Kier alpha value is -3.21. The summed E-state index contributed by atoms with van der Waals surface area (Å²) in [7, 11) is 4.87. The van der Waals surface area contributed by atoms with Gasteiger partial charge in [0, 0.05) is 28.9 Å². The molecule has 0 radical (unpaired) electrons. The standard InChI is InChI=1S/C23H23Cl2N5O4S/c1-30-20(12-26-21(31)7-5-14-4-6-18(33-2)19(8-14)34-3)28-29-23(30)35-13-22(32)27-17-10-15(24)9-16(25)11-17/h4-11H,12-13H2,1-3H3,(H,26,31)(H,27,32)/b7-5+. The van der Waals surface area contributed by atoms with E-state index in [4.69, 9.17) is 32.7 Å². The van der Waals surface area contributed by atoms with E-state index in [2.05, 4.69) is 20.8 Å². The molecule has 9 nitrogen and oxygen atoms in total. The summed E-state index contributed by atoms with van der Waals surface area (Å²) in [6, 6.07) is 10.1. The summed E-state index contributed by atoms with van der Waals surface area (Å²) in [6.07, 6.45) is 3.08. The number of hydrogen-bond donors (Lipinski definition) is 2. The molecule has 0 unspecified atom stereocenters. The maximum absolute atomic E-state index is 12.3. The molecule has 2 aromatic carbocycles. The van der Waals surface area contributed by atoms with Crippen LogP contribution in [-0.4, -0.2) is 46.6 Å².